The van der Waals surface area contributed by atoms with Gasteiger partial charge in [0.15, 0.2) is 5.78 Å². The van der Waals surface area contributed by atoms with E-state index in [9.17, 15) is 9.59 Å². The summed E-state index contributed by atoms with van der Waals surface area (Å²) in [5, 5.41) is 0. The van der Waals surface area contributed by atoms with Gasteiger partial charge in [0.05, 0.1) is 6.61 Å². The summed E-state index contributed by atoms with van der Waals surface area (Å²) in [6, 6.07) is 0. The summed E-state index contributed by atoms with van der Waals surface area (Å²) in [4.78, 5) is 28.0. The minimum Gasteiger partial charge on any atom is -0.427 e. The molecule has 0 fully saturated rings. The van der Waals surface area contributed by atoms with Crippen LogP contribution in [0.2, 0.25) is 0 Å². The number of carbonyl (C=O) groups excluding carboxylic acids is 2. The Morgan fingerprint density at radius 2 is 2.18 bits per heavy atom. The van der Waals surface area contributed by atoms with E-state index in [-0.39, 0.29) is 11.4 Å². The van der Waals surface area contributed by atoms with Gasteiger partial charge >= 0.3 is 5.97 Å². The molecule has 0 atom stereocenters. The lowest BCUT2D eigenvalue weighted by Gasteiger charge is -2.13. The first kappa shape index (κ1) is 13.6. The molecule has 1 heterocycles. The third-order valence-corrected chi connectivity index (χ3v) is 2.19. The van der Waals surface area contributed by atoms with Crippen molar-refractivity contribution in [2.24, 2.45) is 0 Å². The highest BCUT2D eigenvalue weighted by Gasteiger charge is 2.24. The van der Waals surface area contributed by atoms with Crippen LogP contribution in [0.3, 0.4) is 0 Å². The Balaban J connectivity index is 2.53. The molecule has 1 aliphatic rings. The zero-order valence-corrected chi connectivity index (χ0v) is 10.1. The number of hydrogen-bond acceptors (Lipinski definition) is 5. The molecule has 0 unspecified atom stereocenters. The van der Waals surface area contributed by atoms with Gasteiger partial charge < -0.3 is 9.57 Å². The van der Waals surface area contributed by atoms with Crippen LogP contribution in [0.5, 0.6) is 0 Å². The maximum absolute atomic E-state index is 11.6. The second-order valence-corrected chi connectivity index (χ2v) is 3.45. The van der Waals surface area contributed by atoms with Gasteiger partial charge in [-0.2, -0.15) is 0 Å². The Labute approximate surface area is 100 Å². The second-order valence-electron chi connectivity index (χ2n) is 3.45. The Morgan fingerprint density at radius 1 is 1.41 bits per heavy atom. The SMILES string of the molecule is CCONCCC=C1C(=O)C=C(CC)OC1=O. The zero-order chi connectivity index (χ0) is 12.7. The molecule has 0 radical (unpaired) electrons. The van der Waals surface area contributed by atoms with Crippen LogP contribution in [-0.2, 0) is 19.2 Å². The number of allylic oxidation sites excluding steroid dienone is 2. The lowest BCUT2D eigenvalue weighted by molar-refractivity contribution is -0.137. The number of hydroxylamine groups is 1. The van der Waals surface area contributed by atoms with Crippen molar-refractivity contribution in [2.75, 3.05) is 13.2 Å². The minimum absolute atomic E-state index is 0.0977. The first-order valence-electron chi connectivity index (χ1n) is 5.70. The van der Waals surface area contributed by atoms with Gasteiger partial charge in [-0.05, 0) is 13.3 Å². The number of nitrogens with one attached hydrogen (secondary N) is 1. The van der Waals surface area contributed by atoms with Gasteiger partial charge in [0.2, 0.25) is 0 Å². The number of cyclic esters (lactones) is 1. The molecule has 0 aromatic heterocycles. The van der Waals surface area contributed by atoms with Gasteiger partial charge in [-0.1, -0.05) is 13.0 Å². The van der Waals surface area contributed by atoms with Crippen LogP contribution in [0.15, 0.2) is 23.5 Å². The van der Waals surface area contributed by atoms with Crippen molar-refractivity contribution >= 4 is 11.8 Å². The van der Waals surface area contributed by atoms with E-state index in [2.05, 4.69) is 5.48 Å². The van der Waals surface area contributed by atoms with Crippen LogP contribution in [0, 0.1) is 0 Å². The second kappa shape index (κ2) is 6.98. The predicted molar refractivity (Wildman–Crippen MR) is 61.8 cm³/mol. The molecule has 0 aromatic carbocycles. The fourth-order valence-corrected chi connectivity index (χ4v) is 1.34. The molecule has 0 saturated carbocycles. The Kier molecular flexibility index (Phi) is 5.59. The molecule has 5 heteroatoms. The van der Waals surface area contributed by atoms with E-state index < -0.39 is 5.97 Å². The fourth-order valence-electron chi connectivity index (χ4n) is 1.34. The molecule has 94 valence electrons. The van der Waals surface area contributed by atoms with E-state index in [1.165, 1.54) is 6.08 Å². The van der Waals surface area contributed by atoms with E-state index in [0.717, 1.165) is 0 Å². The van der Waals surface area contributed by atoms with E-state index in [0.29, 0.717) is 31.8 Å². The third-order valence-electron chi connectivity index (χ3n) is 2.19. The Morgan fingerprint density at radius 3 is 2.76 bits per heavy atom. The highest BCUT2D eigenvalue weighted by molar-refractivity contribution is 6.23. The van der Waals surface area contributed by atoms with Gasteiger partial charge in [-0.3, -0.25) is 4.79 Å². The molecule has 1 aliphatic heterocycles. The van der Waals surface area contributed by atoms with E-state index in [1.807, 2.05) is 13.8 Å². The number of esters is 1. The molecule has 0 aliphatic carbocycles. The van der Waals surface area contributed by atoms with Crippen molar-refractivity contribution in [1.29, 1.82) is 0 Å². The standard InChI is InChI=1S/C12H17NO4/c1-3-9-8-11(14)10(12(15)17-9)6-5-7-13-16-4-2/h6,8,13H,3-5,7H2,1-2H3. The lowest BCUT2D eigenvalue weighted by Crippen LogP contribution is -2.21. The average molecular weight is 239 g/mol. The van der Waals surface area contributed by atoms with Crippen molar-refractivity contribution in [3.63, 3.8) is 0 Å². The Hall–Kier alpha value is -1.46. The van der Waals surface area contributed by atoms with Gasteiger partial charge in [0.1, 0.15) is 11.3 Å². The Bertz CT molecular complexity index is 358. The minimum atomic E-state index is -0.564. The highest BCUT2D eigenvalue weighted by atomic mass is 16.6. The molecule has 17 heavy (non-hydrogen) atoms. The monoisotopic (exact) mass is 239 g/mol. The van der Waals surface area contributed by atoms with Crippen molar-refractivity contribution in [3.05, 3.63) is 23.5 Å². The molecule has 5 nitrogen and oxygen atoms in total. The molecular formula is C12H17NO4. The maximum atomic E-state index is 11.6. The van der Waals surface area contributed by atoms with Crippen LogP contribution in [0.4, 0.5) is 0 Å². The lowest BCUT2D eigenvalue weighted by atomic mass is 10.1. The molecule has 1 N–H and O–H groups in total. The molecule has 0 aromatic rings. The first-order chi connectivity index (χ1) is 8.19. The first-order valence-corrected chi connectivity index (χ1v) is 5.70. The van der Waals surface area contributed by atoms with Gasteiger partial charge in [-0.15, -0.1) is 0 Å². The van der Waals surface area contributed by atoms with Gasteiger partial charge in [0.25, 0.3) is 0 Å². The summed E-state index contributed by atoms with van der Waals surface area (Å²) < 4.78 is 4.98. The van der Waals surface area contributed by atoms with Crippen molar-refractivity contribution in [2.45, 2.75) is 26.7 Å². The summed E-state index contributed by atoms with van der Waals surface area (Å²) in [6.45, 7) is 4.81. The normalized spacial score (nSPS) is 18.2. The van der Waals surface area contributed by atoms with Crippen molar-refractivity contribution in [1.82, 2.24) is 5.48 Å². The molecule has 1 rings (SSSR count). The quantitative estimate of drug-likeness (QED) is 0.248. The third kappa shape index (κ3) is 4.13. The number of ketones is 1. The predicted octanol–water partition coefficient (Wildman–Crippen LogP) is 1.26. The summed E-state index contributed by atoms with van der Waals surface area (Å²) in [5.41, 5.74) is 2.80. The molecular weight excluding hydrogens is 222 g/mol. The zero-order valence-electron chi connectivity index (χ0n) is 10.1. The molecule has 0 saturated heterocycles. The number of ether oxygens (including phenoxy) is 1. The average Bonchev–Trinajstić information content (AvgIpc) is 2.31. The smallest absolute Gasteiger partial charge is 0.346 e. The summed E-state index contributed by atoms with van der Waals surface area (Å²) >= 11 is 0. The van der Waals surface area contributed by atoms with Crippen molar-refractivity contribution in [3.8, 4) is 0 Å². The topological polar surface area (TPSA) is 64.6 Å². The summed E-state index contributed by atoms with van der Waals surface area (Å²) in [5.74, 6) is -0.426. The summed E-state index contributed by atoms with van der Waals surface area (Å²) in [6.07, 6.45) is 4.00. The van der Waals surface area contributed by atoms with E-state index in [1.54, 1.807) is 6.08 Å². The van der Waals surface area contributed by atoms with Crippen LogP contribution in [0.25, 0.3) is 0 Å². The summed E-state index contributed by atoms with van der Waals surface area (Å²) in [7, 11) is 0. The van der Waals surface area contributed by atoms with Crippen LogP contribution < -0.4 is 5.48 Å². The molecule has 0 spiro atoms. The maximum Gasteiger partial charge on any atom is 0.346 e. The van der Waals surface area contributed by atoms with Crippen molar-refractivity contribution < 1.29 is 19.2 Å². The van der Waals surface area contributed by atoms with Gasteiger partial charge in [-0.25, -0.2) is 10.3 Å². The van der Waals surface area contributed by atoms with Crippen LogP contribution in [-0.4, -0.2) is 24.9 Å². The highest BCUT2D eigenvalue weighted by Crippen LogP contribution is 2.16. The number of carbonyl (C=O) groups is 2. The molecule has 0 amide bonds. The largest absolute Gasteiger partial charge is 0.427 e. The molecule has 0 bridgehead atoms. The van der Waals surface area contributed by atoms with E-state index in [4.69, 9.17) is 9.57 Å². The van der Waals surface area contributed by atoms with Crippen LogP contribution >= 0.6 is 0 Å². The number of hydrogen-bond donors (Lipinski definition) is 1. The van der Waals surface area contributed by atoms with Crippen LogP contribution in [0.1, 0.15) is 26.7 Å². The fraction of sp³-hybridized carbons (Fsp3) is 0.500. The van der Waals surface area contributed by atoms with Gasteiger partial charge in [0, 0.05) is 19.0 Å². The number of rotatable bonds is 6. The van der Waals surface area contributed by atoms with E-state index >= 15 is 0 Å².